The van der Waals surface area contributed by atoms with Gasteiger partial charge >= 0.3 is 0 Å². The van der Waals surface area contributed by atoms with Gasteiger partial charge in [-0.1, -0.05) is 25.4 Å². The predicted octanol–water partition coefficient (Wildman–Crippen LogP) is 4.95. The van der Waals surface area contributed by atoms with E-state index in [1.165, 1.54) is 0 Å². The average molecular weight is 265 g/mol. The molecule has 1 aromatic carbocycles. The molecule has 0 aliphatic heterocycles. The number of hydrogen-bond acceptors (Lipinski definition) is 1. The van der Waals surface area contributed by atoms with Crippen LogP contribution < -0.4 is 4.74 Å². The molecule has 1 rings (SSSR count). The van der Waals surface area contributed by atoms with E-state index in [1.54, 1.807) is 0 Å². The van der Waals surface area contributed by atoms with E-state index in [1.807, 2.05) is 26.0 Å². The Morgan fingerprint density at radius 1 is 1.39 bits per heavy atom. The second-order valence-corrected chi connectivity index (χ2v) is 4.93. The highest BCUT2D eigenvalue weighted by atomic mass is 35.5. The first-order valence-corrected chi connectivity index (χ1v) is 6.80. The van der Waals surface area contributed by atoms with Crippen molar-refractivity contribution >= 4 is 11.6 Å². The van der Waals surface area contributed by atoms with Crippen molar-refractivity contribution in [2.45, 2.75) is 46.5 Å². The van der Waals surface area contributed by atoms with Crippen molar-refractivity contribution in [2.24, 2.45) is 0 Å². The third-order valence-corrected chi connectivity index (χ3v) is 3.28. The Morgan fingerprint density at radius 3 is 2.72 bits per heavy atom. The van der Waals surface area contributed by atoms with E-state index in [2.05, 4.69) is 25.7 Å². The van der Waals surface area contributed by atoms with Gasteiger partial charge in [-0.05, 0) is 49.4 Å². The molecule has 1 nitrogen and oxygen atoms in total. The minimum absolute atomic E-state index is 0.336. The second kappa shape index (κ2) is 7.34. The summed E-state index contributed by atoms with van der Waals surface area (Å²) in [6.07, 6.45) is 1.84. The predicted molar refractivity (Wildman–Crippen MR) is 78.5 cm³/mol. The quantitative estimate of drug-likeness (QED) is 0.684. The Morgan fingerprint density at radius 2 is 2.11 bits per heavy atom. The van der Waals surface area contributed by atoms with Crippen LogP contribution in [0, 0.1) is 18.8 Å². The highest BCUT2D eigenvalue weighted by molar-refractivity contribution is 6.31. The van der Waals surface area contributed by atoms with Crippen molar-refractivity contribution in [1.29, 1.82) is 0 Å². The van der Waals surface area contributed by atoms with Gasteiger partial charge in [-0.25, -0.2) is 0 Å². The van der Waals surface area contributed by atoms with E-state index in [-0.39, 0.29) is 0 Å². The van der Waals surface area contributed by atoms with Crippen molar-refractivity contribution in [3.63, 3.8) is 0 Å². The number of halogens is 1. The lowest BCUT2D eigenvalue weighted by Gasteiger charge is -2.17. The summed E-state index contributed by atoms with van der Waals surface area (Å²) in [5.41, 5.74) is 2.21. The lowest BCUT2D eigenvalue weighted by atomic mass is 9.96. The van der Waals surface area contributed by atoms with Gasteiger partial charge in [0.15, 0.2) is 0 Å². The Bertz CT molecular complexity index is 454. The molecule has 1 unspecified atom stereocenters. The zero-order chi connectivity index (χ0) is 13.5. The maximum atomic E-state index is 6.21. The molecule has 0 fully saturated rings. The maximum absolute atomic E-state index is 6.21. The molecular weight excluding hydrogens is 244 g/mol. The van der Waals surface area contributed by atoms with E-state index < -0.39 is 0 Å². The fourth-order valence-corrected chi connectivity index (χ4v) is 1.93. The Labute approximate surface area is 115 Å². The van der Waals surface area contributed by atoms with Gasteiger partial charge in [-0.2, -0.15) is 0 Å². The number of ether oxygens (including phenoxy) is 1. The van der Waals surface area contributed by atoms with Crippen molar-refractivity contribution in [2.75, 3.05) is 6.61 Å². The first-order valence-electron chi connectivity index (χ1n) is 6.42. The normalized spacial score (nSPS) is 11.6. The lowest BCUT2D eigenvalue weighted by molar-refractivity contribution is 0.312. The molecule has 18 heavy (non-hydrogen) atoms. The molecule has 0 aliphatic rings. The summed E-state index contributed by atoms with van der Waals surface area (Å²) >= 11 is 6.21. The van der Waals surface area contributed by atoms with E-state index >= 15 is 0 Å². The molecule has 0 aliphatic carbocycles. The Hall–Kier alpha value is -1.13. The van der Waals surface area contributed by atoms with Crippen LogP contribution in [0.1, 0.15) is 50.7 Å². The van der Waals surface area contributed by atoms with Crippen molar-refractivity contribution in [3.05, 3.63) is 28.3 Å². The summed E-state index contributed by atoms with van der Waals surface area (Å²) in [7, 11) is 0. The zero-order valence-corrected chi connectivity index (χ0v) is 12.4. The minimum Gasteiger partial charge on any atom is -0.493 e. The molecule has 0 saturated heterocycles. The lowest BCUT2D eigenvalue weighted by Crippen LogP contribution is -2.02. The molecule has 0 saturated carbocycles. The largest absolute Gasteiger partial charge is 0.493 e. The van der Waals surface area contributed by atoms with Gasteiger partial charge in [0.2, 0.25) is 0 Å². The van der Waals surface area contributed by atoms with Crippen molar-refractivity contribution < 1.29 is 4.74 Å². The van der Waals surface area contributed by atoms with Crippen LogP contribution in [-0.4, -0.2) is 6.61 Å². The van der Waals surface area contributed by atoms with Crippen molar-refractivity contribution in [3.8, 4) is 17.6 Å². The summed E-state index contributed by atoms with van der Waals surface area (Å²) in [5.74, 6) is 7.33. The molecule has 0 radical (unpaired) electrons. The van der Waals surface area contributed by atoms with E-state index in [0.717, 1.165) is 41.3 Å². The molecule has 2 heteroatoms. The van der Waals surface area contributed by atoms with Crippen molar-refractivity contribution in [1.82, 2.24) is 0 Å². The van der Waals surface area contributed by atoms with Crippen LogP contribution in [-0.2, 0) is 0 Å². The Balaban J connectivity index is 3.04. The molecule has 1 aromatic rings. The Kier molecular flexibility index (Phi) is 6.09. The van der Waals surface area contributed by atoms with Crippen LogP contribution in [0.15, 0.2) is 12.1 Å². The topological polar surface area (TPSA) is 9.23 Å². The minimum atomic E-state index is 0.336. The van der Waals surface area contributed by atoms with Crippen LogP contribution in [0.3, 0.4) is 0 Å². The SMILES string of the molecule is CC#CCC(C)c1cc(Cl)c(C)cc1OCCC. The van der Waals surface area contributed by atoms with Crippen LogP contribution in [0.25, 0.3) is 0 Å². The summed E-state index contributed by atoms with van der Waals surface area (Å²) in [5, 5.41) is 0.796. The average Bonchev–Trinajstić information content (AvgIpc) is 2.36. The molecule has 1 atom stereocenters. The summed E-state index contributed by atoms with van der Waals surface area (Å²) < 4.78 is 5.82. The van der Waals surface area contributed by atoms with Gasteiger partial charge < -0.3 is 4.74 Å². The fraction of sp³-hybridized carbons (Fsp3) is 0.500. The number of hydrogen-bond donors (Lipinski definition) is 0. The molecule has 0 bridgehead atoms. The van der Waals surface area contributed by atoms with E-state index in [9.17, 15) is 0 Å². The van der Waals surface area contributed by atoms with Gasteiger partial charge in [0, 0.05) is 11.4 Å². The monoisotopic (exact) mass is 264 g/mol. The van der Waals surface area contributed by atoms with Crippen LogP contribution in [0.4, 0.5) is 0 Å². The van der Waals surface area contributed by atoms with E-state index in [4.69, 9.17) is 16.3 Å². The van der Waals surface area contributed by atoms with Gasteiger partial charge in [0.05, 0.1) is 6.61 Å². The fourth-order valence-electron chi connectivity index (χ4n) is 1.76. The van der Waals surface area contributed by atoms with Crippen LogP contribution in [0.2, 0.25) is 5.02 Å². The number of rotatable bonds is 5. The van der Waals surface area contributed by atoms with Crippen LogP contribution in [0.5, 0.6) is 5.75 Å². The van der Waals surface area contributed by atoms with Gasteiger partial charge in [-0.3, -0.25) is 0 Å². The molecular formula is C16H21ClO. The smallest absolute Gasteiger partial charge is 0.123 e. The second-order valence-electron chi connectivity index (χ2n) is 4.52. The zero-order valence-electron chi connectivity index (χ0n) is 11.6. The van der Waals surface area contributed by atoms with Gasteiger partial charge in [0.1, 0.15) is 5.75 Å². The number of benzene rings is 1. The summed E-state index contributed by atoms with van der Waals surface area (Å²) in [4.78, 5) is 0. The highest BCUT2D eigenvalue weighted by Gasteiger charge is 2.13. The highest BCUT2D eigenvalue weighted by Crippen LogP contribution is 2.33. The third-order valence-electron chi connectivity index (χ3n) is 2.87. The molecule has 0 spiro atoms. The van der Waals surface area contributed by atoms with Gasteiger partial charge in [0.25, 0.3) is 0 Å². The first kappa shape index (κ1) is 14.9. The first-order chi connectivity index (χ1) is 8.60. The number of aryl methyl sites for hydroxylation is 1. The molecule has 0 heterocycles. The third kappa shape index (κ3) is 3.96. The van der Waals surface area contributed by atoms with E-state index in [0.29, 0.717) is 5.92 Å². The molecule has 98 valence electrons. The molecule has 0 N–H and O–H groups in total. The standard InChI is InChI=1S/C16H21ClO/c1-5-7-8-12(3)14-11-15(17)13(4)10-16(14)18-9-6-2/h10-12H,6,8-9H2,1-4H3. The maximum Gasteiger partial charge on any atom is 0.123 e. The molecule has 0 aromatic heterocycles. The molecule has 0 amide bonds. The van der Waals surface area contributed by atoms with Crippen LogP contribution >= 0.6 is 11.6 Å². The van der Waals surface area contributed by atoms with Gasteiger partial charge in [-0.15, -0.1) is 11.8 Å². The summed E-state index contributed by atoms with van der Waals surface area (Å²) in [6.45, 7) is 8.86. The summed E-state index contributed by atoms with van der Waals surface area (Å²) in [6, 6.07) is 4.05.